The molecule has 2 N–H and O–H groups in total. The zero-order valence-electron chi connectivity index (χ0n) is 18.1. The average Bonchev–Trinajstić information content (AvgIpc) is 3.21. The number of hydrogen-bond donors (Lipinski definition) is 2. The number of fused-ring (bicyclic) bond motifs is 1. The van der Waals surface area contributed by atoms with Crippen molar-refractivity contribution in [2.24, 2.45) is 0 Å². The molecule has 7 heteroatoms. The van der Waals surface area contributed by atoms with Crippen LogP contribution in [-0.2, 0) is 4.79 Å². The second-order valence-corrected chi connectivity index (χ2v) is 7.66. The lowest BCUT2D eigenvalue weighted by molar-refractivity contribution is -0.113. The number of carbonyl (C=O) groups is 1. The van der Waals surface area contributed by atoms with E-state index in [1.165, 1.54) is 6.33 Å². The number of unbranched alkanes of at least 4 members (excludes halogenated alkanes) is 1. The molecule has 1 unspecified atom stereocenters. The van der Waals surface area contributed by atoms with Crippen LogP contribution in [0.2, 0.25) is 0 Å². The first-order valence-corrected chi connectivity index (χ1v) is 10.6. The minimum Gasteiger partial charge on any atom is -0.493 e. The molecule has 2 heterocycles. The summed E-state index contributed by atoms with van der Waals surface area (Å²) in [5.41, 5.74) is 4.02. The standard InChI is InChI=1S/C24H27N5O2/c1-4-5-13-31-20-12-7-6-11-19(20)22-21(17(3)27-24-25-15-26-29(22)24)23(30)28-18-10-8-9-16(2)14-18/h6-12,14-15,22H,4-5,13H2,1-3H3,(H,28,30)(H,25,26,27). The summed E-state index contributed by atoms with van der Waals surface area (Å²) in [5.74, 6) is 1.15. The lowest BCUT2D eigenvalue weighted by atomic mass is 9.94. The highest BCUT2D eigenvalue weighted by atomic mass is 16.5. The monoisotopic (exact) mass is 417 g/mol. The topological polar surface area (TPSA) is 81.1 Å². The molecule has 0 bridgehead atoms. The minimum atomic E-state index is -0.457. The Morgan fingerprint density at radius 3 is 2.84 bits per heavy atom. The number of para-hydroxylation sites is 1. The van der Waals surface area contributed by atoms with Crippen LogP contribution in [0, 0.1) is 6.92 Å². The number of allylic oxidation sites excluding steroid dienone is 1. The van der Waals surface area contributed by atoms with E-state index in [-0.39, 0.29) is 5.91 Å². The van der Waals surface area contributed by atoms with Crippen molar-refractivity contribution < 1.29 is 9.53 Å². The average molecular weight is 418 g/mol. The van der Waals surface area contributed by atoms with Crippen molar-refractivity contribution in [2.75, 3.05) is 17.2 Å². The molecule has 1 aliphatic rings. The van der Waals surface area contributed by atoms with Crippen molar-refractivity contribution in [3.05, 3.63) is 77.3 Å². The number of ether oxygens (including phenoxy) is 1. The van der Waals surface area contributed by atoms with Crippen LogP contribution in [0.4, 0.5) is 11.6 Å². The maximum Gasteiger partial charge on any atom is 0.255 e. The molecular formula is C24H27N5O2. The van der Waals surface area contributed by atoms with E-state index in [4.69, 9.17) is 4.74 Å². The van der Waals surface area contributed by atoms with E-state index in [9.17, 15) is 4.79 Å². The Hall–Kier alpha value is -3.61. The molecule has 7 nitrogen and oxygen atoms in total. The highest BCUT2D eigenvalue weighted by molar-refractivity contribution is 6.06. The van der Waals surface area contributed by atoms with Gasteiger partial charge in [-0.05, 0) is 44.0 Å². The first-order valence-electron chi connectivity index (χ1n) is 10.6. The Morgan fingerprint density at radius 2 is 2.03 bits per heavy atom. The molecule has 31 heavy (non-hydrogen) atoms. The van der Waals surface area contributed by atoms with Crippen molar-refractivity contribution >= 4 is 17.5 Å². The lowest BCUT2D eigenvalue weighted by Gasteiger charge is -2.29. The van der Waals surface area contributed by atoms with E-state index in [0.29, 0.717) is 18.1 Å². The second-order valence-electron chi connectivity index (χ2n) is 7.66. The molecule has 1 aromatic heterocycles. The zero-order valence-corrected chi connectivity index (χ0v) is 18.1. The van der Waals surface area contributed by atoms with E-state index in [1.54, 1.807) is 4.68 Å². The Bertz CT molecular complexity index is 1120. The van der Waals surface area contributed by atoms with Crippen LogP contribution in [-0.4, -0.2) is 27.3 Å². The van der Waals surface area contributed by atoms with Crippen LogP contribution < -0.4 is 15.4 Å². The van der Waals surface area contributed by atoms with Gasteiger partial charge in [0.15, 0.2) is 0 Å². The molecule has 4 rings (SSSR count). The van der Waals surface area contributed by atoms with E-state index in [1.807, 2.05) is 62.4 Å². The molecule has 0 saturated carbocycles. The molecule has 160 valence electrons. The van der Waals surface area contributed by atoms with Gasteiger partial charge in [0.25, 0.3) is 5.91 Å². The van der Waals surface area contributed by atoms with Crippen molar-refractivity contribution in [3.8, 4) is 5.75 Å². The van der Waals surface area contributed by atoms with Gasteiger partial charge in [0.1, 0.15) is 18.1 Å². The predicted octanol–water partition coefficient (Wildman–Crippen LogP) is 4.69. The SMILES string of the molecule is CCCCOc1ccccc1C1C(C(=O)Nc2cccc(C)c2)=C(C)Nc2ncnn21. The predicted molar refractivity (Wildman–Crippen MR) is 121 cm³/mol. The molecule has 0 fully saturated rings. The number of amides is 1. The Morgan fingerprint density at radius 1 is 1.19 bits per heavy atom. The fourth-order valence-electron chi connectivity index (χ4n) is 3.76. The number of benzene rings is 2. The van der Waals surface area contributed by atoms with Crippen molar-refractivity contribution in [3.63, 3.8) is 0 Å². The zero-order chi connectivity index (χ0) is 21.8. The molecule has 1 aliphatic heterocycles. The van der Waals surface area contributed by atoms with Gasteiger partial charge in [-0.15, -0.1) is 0 Å². The van der Waals surface area contributed by atoms with Gasteiger partial charge in [0.2, 0.25) is 5.95 Å². The molecule has 3 aromatic rings. The Labute approximate surface area is 182 Å². The number of aromatic nitrogens is 3. The van der Waals surface area contributed by atoms with Crippen LogP contribution in [0.5, 0.6) is 5.75 Å². The van der Waals surface area contributed by atoms with Crippen molar-refractivity contribution in [1.82, 2.24) is 14.8 Å². The normalized spacial score (nSPS) is 15.3. The van der Waals surface area contributed by atoms with E-state index in [0.717, 1.165) is 41.1 Å². The summed E-state index contributed by atoms with van der Waals surface area (Å²) in [4.78, 5) is 17.8. The van der Waals surface area contributed by atoms with E-state index in [2.05, 4.69) is 27.6 Å². The van der Waals surface area contributed by atoms with E-state index >= 15 is 0 Å². The van der Waals surface area contributed by atoms with Gasteiger partial charge in [-0.2, -0.15) is 10.1 Å². The highest BCUT2D eigenvalue weighted by Crippen LogP contribution is 2.39. The summed E-state index contributed by atoms with van der Waals surface area (Å²) in [6, 6.07) is 15.1. The maximum atomic E-state index is 13.5. The van der Waals surface area contributed by atoms with Gasteiger partial charge in [-0.25, -0.2) is 4.68 Å². The van der Waals surface area contributed by atoms with Gasteiger partial charge >= 0.3 is 0 Å². The number of hydrogen-bond acceptors (Lipinski definition) is 5. The molecule has 2 aromatic carbocycles. The first-order chi connectivity index (χ1) is 15.1. The Kier molecular flexibility index (Phi) is 6.02. The number of aryl methyl sites for hydroxylation is 1. The molecule has 0 aliphatic carbocycles. The smallest absolute Gasteiger partial charge is 0.255 e. The molecule has 0 radical (unpaired) electrons. The van der Waals surface area contributed by atoms with Gasteiger partial charge in [-0.3, -0.25) is 4.79 Å². The van der Waals surface area contributed by atoms with E-state index < -0.39 is 6.04 Å². The van der Waals surface area contributed by atoms with Gasteiger partial charge in [-0.1, -0.05) is 43.7 Å². The van der Waals surface area contributed by atoms with Gasteiger partial charge in [0.05, 0.1) is 12.2 Å². The fraction of sp³-hybridized carbons (Fsp3) is 0.292. The third-order valence-corrected chi connectivity index (χ3v) is 5.28. The minimum absolute atomic E-state index is 0.190. The molecule has 1 amide bonds. The van der Waals surface area contributed by atoms with Crippen molar-refractivity contribution in [2.45, 2.75) is 39.7 Å². The summed E-state index contributed by atoms with van der Waals surface area (Å²) in [7, 11) is 0. The number of rotatable bonds is 7. The third-order valence-electron chi connectivity index (χ3n) is 5.28. The number of carbonyl (C=O) groups excluding carboxylic acids is 1. The van der Waals surface area contributed by atoms with Crippen molar-refractivity contribution in [1.29, 1.82) is 0 Å². The Balaban J connectivity index is 1.74. The van der Waals surface area contributed by atoms with Crippen LogP contribution in [0.3, 0.4) is 0 Å². The first kappa shape index (κ1) is 20.7. The molecule has 1 atom stereocenters. The summed E-state index contributed by atoms with van der Waals surface area (Å²) in [6.07, 6.45) is 3.50. The molecule has 0 spiro atoms. The van der Waals surface area contributed by atoms with Crippen LogP contribution in [0.25, 0.3) is 0 Å². The third kappa shape index (κ3) is 4.30. The maximum absolute atomic E-state index is 13.5. The lowest BCUT2D eigenvalue weighted by Crippen LogP contribution is -2.31. The van der Waals surface area contributed by atoms with Gasteiger partial charge < -0.3 is 15.4 Å². The molecule has 0 saturated heterocycles. The fourth-order valence-corrected chi connectivity index (χ4v) is 3.76. The highest BCUT2D eigenvalue weighted by Gasteiger charge is 2.35. The van der Waals surface area contributed by atoms with Crippen LogP contribution >= 0.6 is 0 Å². The van der Waals surface area contributed by atoms with Gasteiger partial charge in [0, 0.05) is 16.9 Å². The largest absolute Gasteiger partial charge is 0.493 e. The van der Waals surface area contributed by atoms with Crippen LogP contribution in [0.1, 0.15) is 43.9 Å². The summed E-state index contributed by atoms with van der Waals surface area (Å²) in [5, 5.41) is 10.7. The second kappa shape index (κ2) is 9.04. The summed E-state index contributed by atoms with van der Waals surface area (Å²) in [6.45, 7) is 6.63. The number of nitrogens with one attached hydrogen (secondary N) is 2. The summed E-state index contributed by atoms with van der Waals surface area (Å²) < 4.78 is 7.82. The number of anilines is 2. The summed E-state index contributed by atoms with van der Waals surface area (Å²) >= 11 is 0. The number of nitrogens with zero attached hydrogens (tertiary/aromatic N) is 3. The van der Waals surface area contributed by atoms with Crippen LogP contribution in [0.15, 0.2) is 66.1 Å². The quantitative estimate of drug-likeness (QED) is 0.545. The molecular weight excluding hydrogens is 390 g/mol.